The predicted octanol–water partition coefficient (Wildman–Crippen LogP) is 1.52. The van der Waals surface area contributed by atoms with Crippen molar-refractivity contribution in [2.24, 2.45) is 59.2 Å². The lowest BCUT2D eigenvalue weighted by Gasteiger charge is -2.16. The van der Waals surface area contributed by atoms with Crippen molar-refractivity contribution < 1.29 is 4.79 Å². The molecule has 1 N–H and O–H groups in total. The Bertz CT molecular complexity index is 418. The van der Waals surface area contributed by atoms with E-state index in [1.54, 1.807) is 6.42 Å². The molecule has 7 saturated carbocycles. The lowest BCUT2D eigenvalue weighted by atomic mass is 9.91. The number of rotatable bonds is 3. The molecular weight excluding hydrogens is 210 g/mol. The van der Waals surface area contributed by atoms with E-state index < -0.39 is 0 Å². The maximum absolute atomic E-state index is 12.2. The number of hydrogen-bond acceptors (Lipinski definition) is 1. The molecule has 90 valence electrons. The van der Waals surface area contributed by atoms with Gasteiger partial charge in [0.05, 0.1) is 0 Å². The Kier molecular flexibility index (Phi) is 1.16. The number of nitrogens with one attached hydrogen (secondary N) is 1. The third-order valence-corrected chi connectivity index (χ3v) is 7.30. The molecule has 7 aliphatic carbocycles. The van der Waals surface area contributed by atoms with Crippen LogP contribution in [0.15, 0.2) is 0 Å². The highest BCUT2D eigenvalue weighted by atomic mass is 16.2. The molecule has 0 aliphatic heterocycles. The smallest absolute Gasteiger partial charge is 0.223 e. The molecule has 0 aromatic carbocycles. The maximum atomic E-state index is 12.2. The molecule has 0 aromatic rings. The molecule has 2 nitrogen and oxygen atoms in total. The second kappa shape index (κ2) is 2.31. The lowest BCUT2D eigenvalue weighted by molar-refractivity contribution is -0.123. The number of hydrogen-bond donors (Lipinski definition) is 1. The Morgan fingerprint density at radius 1 is 0.941 bits per heavy atom. The third-order valence-electron chi connectivity index (χ3n) is 7.30. The van der Waals surface area contributed by atoms with Crippen LogP contribution in [0.25, 0.3) is 0 Å². The van der Waals surface area contributed by atoms with E-state index in [0.717, 1.165) is 59.8 Å². The molecular formula is C15H19NO. The maximum Gasteiger partial charge on any atom is 0.223 e. The monoisotopic (exact) mass is 229 g/mol. The average Bonchev–Trinajstić information content (AvgIpc) is 3.28. The number of amides is 1. The van der Waals surface area contributed by atoms with Gasteiger partial charge in [0.15, 0.2) is 0 Å². The van der Waals surface area contributed by atoms with Gasteiger partial charge in [-0.05, 0) is 72.5 Å². The molecule has 7 aliphatic rings. The van der Waals surface area contributed by atoms with Crippen molar-refractivity contribution in [3.8, 4) is 0 Å². The van der Waals surface area contributed by atoms with Crippen molar-refractivity contribution in [1.82, 2.24) is 5.32 Å². The van der Waals surface area contributed by atoms with Crippen LogP contribution in [0.3, 0.4) is 0 Å². The van der Waals surface area contributed by atoms with Gasteiger partial charge in [-0.2, -0.15) is 0 Å². The predicted molar refractivity (Wildman–Crippen MR) is 61.8 cm³/mol. The summed E-state index contributed by atoms with van der Waals surface area (Å²) in [4.78, 5) is 12.2. The zero-order valence-corrected chi connectivity index (χ0v) is 10.0. The van der Waals surface area contributed by atoms with Crippen molar-refractivity contribution >= 4 is 5.91 Å². The SMILES string of the molecule is O=C(NCC1CC1)C1[C@@H]2[C@@H]3C4CC5[C@H]([C@H]53)[C@H]4[C@H]12. The van der Waals surface area contributed by atoms with E-state index in [0.29, 0.717) is 11.8 Å². The summed E-state index contributed by atoms with van der Waals surface area (Å²) in [5.41, 5.74) is 0. The van der Waals surface area contributed by atoms with Crippen LogP contribution in [0.2, 0.25) is 0 Å². The summed E-state index contributed by atoms with van der Waals surface area (Å²) in [7, 11) is 0. The van der Waals surface area contributed by atoms with E-state index in [2.05, 4.69) is 5.32 Å². The first-order chi connectivity index (χ1) is 8.36. The first-order valence-corrected chi connectivity index (χ1v) is 7.64. The summed E-state index contributed by atoms with van der Waals surface area (Å²) in [6, 6.07) is 0. The molecule has 17 heavy (non-hydrogen) atoms. The minimum Gasteiger partial charge on any atom is -0.356 e. The highest BCUT2D eigenvalue weighted by molar-refractivity contribution is 5.83. The van der Waals surface area contributed by atoms with Gasteiger partial charge in [-0.3, -0.25) is 4.79 Å². The summed E-state index contributed by atoms with van der Waals surface area (Å²) in [6.07, 6.45) is 4.24. The fourth-order valence-electron chi connectivity index (χ4n) is 6.75. The van der Waals surface area contributed by atoms with Crippen molar-refractivity contribution in [2.75, 3.05) is 6.54 Å². The van der Waals surface area contributed by atoms with Crippen LogP contribution in [0.5, 0.6) is 0 Å². The molecule has 7 rings (SSSR count). The van der Waals surface area contributed by atoms with Crippen molar-refractivity contribution in [3.05, 3.63) is 0 Å². The van der Waals surface area contributed by atoms with Gasteiger partial charge >= 0.3 is 0 Å². The van der Waals surface area contributed by atoms with Crippen LogP contribution in [0.4, 0.5) is 0 Å². The summed E-state index contributed by atoms with van der Waals surface area (Å²) < 4.78 is 0. The van der Waals surface area contributed by atoms with Crippen LogP contribution in [0.1, 0.15) is 19.3 Å². The molecule has 1 amide bonds. The average molecular weight is 229 g/mol. The molecule has 0 heterocycles. The van der Waals surface area contributed by atoms with Crippen LogP contribution in [0, 0.1) is 59.2 Å². The van der Waals surface area contributed by atoms with E-state index in [9.17, 15) is 4.79 Å². The molecule has 0 radical (unpaired) electrons. The van der Waals surface area contributed by atoms with Gasteiger partial charge in [-0.25, -0.2) is 0 Å². The van der Waals surface area contributed by atoms with E-state index in [1.165, 1.54) is 12.8 Å². The topological polar surface area (TPSA) is 29.1 Å². The highest BCUT2D eigenvalue weighted by Gasteiger charge is 2.87. The standard InChI is InChI=1S/C15H19NO/c17-15(16-4-5-1-2-5)14-12-10-7-3-6-8(10)9(6)11(7)13(12)14/h5-14H,1-4H2,(H,16,17)/t6?,7?,8-,9+,10+,11-,12+,13-,14?. The van der Waals surface area contributed by atoms with Gasteiger partial charge in [0.1, 0.15) is 0 Å². The number of fused-ring (bicyclic) bond motifs is 1. The van der Waals surface area contributed by atoms with Crippen LogP contribution >= 0.6 is 0 Å². The van der Waals surface area contributed by atoms with Crippen molar-refractivity contribution in [3.63, 3.8) is 0 Å². The molecule has 2 heteroatoms. The zero-order valence-electron chi connectivity index (χ0n) is 10.0. The van der Waals surface area contributed by atoms with Gasteiger partial charge in [-0.15, -0.1) is 0 Å². The number of carbonyl (C=O) groups excluding carboxylic acids is 1. The molecule has 0 aromatic heterocycles. The van der Waals surface area contributed by atoms with E-state index in [-0.39, 0.29) is 0 Å². The molecule has 9 atom stereocenters. The zero-order chi connectivity index (χ0) is 10.9. The highest BCUT2D eigenvalue weighted by Crippen LogP contribution is 2.89. The molecule has 7 fully saturated rings. The van der Waals surface area contributed by atoms with Crippen molar-refractivity contribution in [1.29, 1.82) is 0 Å². The normalized spacial score (nSPS) is 66.9. The summed E-state index contributed by atoms with van der Waals surface area (Å²) >= 11 is 0. The Morgan fingerprint density at radius 3 is 2.06 bits per heavy atom. The Morgan fingerprint density at radius 2 is 1.53 bits per heavy atom. The van der Waals surface area contributed by atoms with Gasteiger partial charge in [-0.1, -0.05) is 0 Å². The summed E-state index contributed by atoms with van der Waals surface area (Å²) in [6.45, 7) is 0.975. The van der Waals surface area contributed by atoms with Crippen LogP contribution in [-0.2, 0) is 4.79 Å². The van der Waals surface area contributed by atoms with Crippen LogP contribution in [-0.4, -0.2) is 12.5 Å². The Labute approximate surface area is 102 Å². The molecule has 3 unspecified atom stereocenters. The summed E-state index contributed by atoms with van der Waals surface area (Å²) in [5, 5.41) is 3.22. The Balaban J connectivity index is 1.22. The first-order valence-electron chi connectivity index (χ1n) is 7.64. The fraction of sp³-hybridized carbons (Fsp3) is 0.933. The minimum absolute atomic E-state index is 0.431. The third kappa shape index (κ3) is 0.794. The van der Waals surface area contributed by atoms with Crippen LogP contribution < -0.4 is 5.32 Å². The largest absolute Gasteiger partial charge is 0.356 e. The van der Waals surface area contributed by atoms with Gasteiger partial charge in [0.25, 0.3) is 0 Å². The van der Waals surface area contributed by atoms with E-state index in [4.69, 9.17) is 0 Å². The van der Waals surface area contributed by atoms with Crippen molar-refractivity contribution in [2.45, 2.75) is 19.3 Å². The summed E-state index contributed by atoms with van der Waals surface area (Å²) in [5.74, 6) is 9.86. The van der Waals surface area contributed by atoms with E-state index in [1.807, 2.05) is 0 Å². The van der Waals surface area contributed by atoms with Gasteiger partial charge in [0, 0.05) is 12.5 Å². The lowest BCUT2D eigenvalue weighted by Crippen LogP contribution is -2.30. The van der Waals surface area contributed by atoms with Gasteiger partial charge < -0.3 is 5.32 Å². The van der Waals surface area contributed by atoms with Gasteiger partial charge in [0.2, 0.25) is 5.91 Å². The first kappa shape index (κ1) is 8.55. The Hall–Kier alpha value is -0.530. The molecule has 0 saturated heterocycles. The second-order valence-electron chi connectivity index (χ2n) is 7.74. The molecule has 0 spiro atoms. The number of carbonyl (C=O) groups is 1. The quantitative estimate of drug-likeness (QED) is 0.781. The minimum atomic E-state index is 0.431. The second-order valence-corrected chi connectivity index (χ2v) is 7.74. The van der Waals surface area contributed by atoms with E-state index >= 15 is 0 Å². The molecule has 6 bridgehead atoms. The fourth-order valence-corrected chi connectivity index (χ4v) is 6.75.